The third-order valence-electron chi connectivity index (χ3n) is 4.94. The first-order valence-electron chi connectivity index (χ1n) is 11.7. The summed E-state index contributed by atoms with van der Waals surface area (Å²) in [5, 5.41) is 0. The molecule has 0 aliphatic rings. The molecular weight excluding hydrogens is 649 g/mol. The van der Waals surface area contributed by atoms with Crippen LogP contribution in [0.25, 0.3) is 11.1 Å². The number of hydrogen-bond donors (Lipinski definition) is 0. The SMILES string of the molecule is COCCOc1nc(C(F)(F)F)ccc1-c1cc(F)cc(C(=O)OC)c1.COCCOc1nc(C(F)(F)F)ccc1Br. The molecule has 0 amide bonds. The Labute approximate surface area is 243 Å². The Morgan fingerprint density at radius 3 is 1.81 bits per heavy atom. The van der Waals surface area contributed by atoms with Crippen LogP contribution in [-0.2, 0) is 26.6 Å². The maximum Gasteiger partial charge on any atom is 0.433 e. The Hall–Kier alpha value is -3.50. The number of alkyl halides is 6. The van der Waals surface area contributed by atoms with Crippen LogP contribution in [0.15, 0.2) is 46.9 Å². The minimum absolute atomic E-state index is 0.0585. The number of ether oxygens (including phenoxy) is 5. The lowest BCUT2D eigenvalue weighted by Gasteiger charge is -2.14. The van der Waals surface area contributed by atoms with Gasteiger partial charge in [-0.05, 0) is 64.0 Å². The van der Waals surface area contributed by atoms with Gasteiger partial charge in [0.15, 0.2) is 0 Å². The first-order valence-corrected chi connectivity index (χ1v) is 12.4. The van der Waals surface area contributed by atoms with Crippen LogP contribution in [0.2, 0.25) is 0 Å². The Balaban J connectivity index is 0.000000330. The number of halogens is 8. The zero-order valence-electron chi connectivity index (χ0n) is 22.2. The Bertz CT molecular complexity index is 1340. The van der Waals surface area contributed by atoms with Gasteiger partial charge in [0.25, 0.3) is 0 Å². The van der Waals surface area contributed by atoms with E-state index in [1.165, 1.54) is 26.4 Å². The highest BCUT2D eigenvalue weighted by molar-refractivity contribution is 9.10. The molecule has 0 fully saturated rings. The van der Waals surface area contributed by atoms with Gasteiger partial charge >= 0.3 is 18.3 Å². The van der Waals surface area contributed by atoms with Crippen LogP contribution in [0.1, 0.15) is 21.7 Å². The summed E-state index contributed by atoms with van der Waals surface area (Å²) in [5.41, 5.74) is -2.01. The monoisotopic (exact) mass is 672 g/mol. The van der Waals surface area contributed by atoms with E-state index in [1.54, 1.807) is 0 Å². The van der Waals surface area contributed by atoms with Crippen molar-refractivity contribution >= 4 is 21.9 Å². The molecule has 0 unspecified atom stereocenters. The minimum atomic E-state index is -4.67. The lowest BCUT2D eigenvalue weighted by Crippen LogP contribution is -2.12. The molecule has 0 radical (unpaired) electrons. The fourth-order valence-electron chi connectivity index (χ4n) is 3.03. The summed E-state index contributed by atoms with van der Waals surface area (Å²) in [4.78, 5) is 18.5. The molecule has 1 aromatic carbocycles. The van der Waals surface area contributed by atoms with Crippen molar-refractivity contribution in [2.75, 3.05) is 47.8 Å². The van der Waals surface area contributed by atoms with Gasteiger partial charge in [-0.25, -0.2) is 19.2 Å². The molecular formula is C26H24BrF7N2O6. The molecule has 0 N–H and O–H groups in total. The van der Waals surface area contributed by atoms with Crippen molar-refractivity contribution in [3.05, 3.63) is 69.7 Å². The number of benzene rings is 1. The van der Waals surface area contributed by atoms with Crippen molar-refractivity contribution in [1.29, 1.82) is 0 Å². The molecule has 3 rings (SSSR count). The fraction of sp³-hybridized carbons (Fsp3) is 0.346. The van der Waals surface area contributed by atoms with Gasteiger partial charge < -0.3 is 23.7 Å². The third kappa shape index (κ3) is 10.4. The molecule has 0 saturated carbocycles. The molecule has 3 aromatic rings. The highest BCUT2D eigenvalue weighted by atomic mass is 79.9. The number of methoxy groups -OCH3 is 3. The van der Waals surface area contributed by atoms with E-state index >= 15 is 0 Å². The van der Waals surface area contributed by atoms with Crippen molar-refractivity contribution in [3.63, 3.8) is 0 Å². The van der Waals surface area contributed by atoms with Crippen molar-refractivity contribution in [3.8, 4) is 22.9 Å². The summed E-state index contributed by atoms with van der Waals surface area (Å²) in [5.74, 6) is -1.98. The lowest BCUT2D eigenvalue weighted by molar-refractivity contribution is -0.142. The van der Waals surface area contributed by atoms with Gasteiger partial charge in [0.2, 0.25) is 11.8 Å². The second kappa shape index (κ2) is 15.7. The van der Waals surface area contributed by atoms with Crippen LogP contribution in [0.4, 0.5) is 30.7 Å². The zero-order chi connectivity index (χ0) is 31.5. The van der Waals surface area contributed by atoms with Gasteiger partial charge in [0.1, 0.15) is 30.4 Å². The van der Waals surface area contributed by atoms with E-state index in [-0.39, 0.29) is 54.9 Å². The summed E-state index contributed by atoms with van der Waals surface area (Å²) < 4.78 is 114. The molecule has 230 valence electrons. The Morgan fingerprint density at radius 1 is 0.762 bits per heavy atom. The lowest BCUT2D eigenvalue weighted by atomic mass is 10.0. The standard InChI is InChI=1S/C17H15F4NO4.C9H9BrF3NO2/c1-24-5-6-26-15-13(3-4-14(22-15)17(19,20)21)10-7-11(16(23)25-2)9-12(18)8-10;1-15-4-5-16-8-6(10)2-3-7(14-8)9(11,12)13/h3-4,7-9H,5-6H2,1-2H3;2-3H,4-5H2,1H3. The summed E-state index contributed by atoms with van der Waals surface area (Å²) in [6.45, 7) is 0.485. The third-order valence-corrected chi connectivity index (χ3v) is 5.54. The van der Waals surface area contributed by atoms with E-state index in [0.29, 0.717) is 4.47 Å². The molecule has 16 heteroatoms. The summed E-state index contributed by atoms with van der Waals surface area (Å²) >= 11 is 3.05. The van der Waals surface area contributed by atoms with Crippen LogP contribution in [0.3, 0.4) is 0 Å². The Morgan fingerprint density at radius 2 is 1.29 bits per heavy atom. The fourth-order valence-corrected chi connectivity index (χ4v) is 3.37. The van der Waals surface area contributed by atoms with Crippen molar-refractivity contribution in [2.24, 2.45) is 0 Å². The van der Waals surface area contributed by atoms with Crippen LogP contribution in [0.5, 0.6) is 11.8 Å². The van der Waals surface area contributed by atoms with Gasteiger partial charge in [0.05, 0.1) is 30.4 Å². The highest BCUT2D eigenvalue weighted by Crippen LogP contribution is 2.35. The van der Waals surface area contributed by atoms with Gasteiger partial charge in [-0.2, -0.15) is 26.3 Å². The number of nitrogens with zero attached hydrogens (tertiary/aromatic N) is 2. The predicted octanol–water partition coefficient (Wildman–Crippen LogP) is 6.61. The van der Waals surface area contributed by atoms with Crippen LogP contribution >= 0.6 is 15.9 Å². The molecule has 0 spiro atoms. The molecule has 42 heavy (non-hydrogen) atoms. The van der Waals surface area contributed by atoms with Crippen LogP contribution in [-0.4, -0.2) is 63.7 Å². The van der Waals surface area contributed by atoms with E-state index in [9.17, 15) is 35.5 Å². The molecule has 0 atom stereocenters. The van der Waals surface area contributed by atoms with E-state index in [4.69, 9.17) is 18.9 Å². The molecule has 2 heterocycles. The van der Waals surface area contributed by atoms with E-state index in [0.717, 1.165) is 37.4 Å². The first kappa shape index (κ1) is 34.7. The van der Waals surface area contributed by atoms with E-state index in [1.807, 2.05) is 0 Å². The molecule has 0 bridgehead atoms. The van der Waals surface area contributed by atoms with Crippen LogP contribution < -0.4 is 9.47 Å². The van der Waals surface area contributed by atoms with Gasteiger partial charge in [-0.3, -0.25) is 0 Å². The number of hydrogen-bond acceptors (Lipinski definition) is 8. The van der Waals surface area contributed by atoms with E-state index in [2.05, 4.69) is 30.6 Å². The quantitative estimate of drug-likeness (QED) is 0.135. The predicted molar refractivity (Wildman–Crippen MR) is 138 cm³/mol. The number of esters is 1. The second-order valence-corrected chi connectivity index (χ2v) is 8.79. The smallest absolute Gasteiger partial charge is 0.433 e. The number of pyridine rings is 2. The first-order chi connectivity index (χ1) is 19.7. The summed E-state index contributed by atoms with van der Waals surface area (Å²) in [6.07, 6.45) is -9.14. The molecule has 2 aromatic heterocycles. The second-order valence-electron chi connectivity index (χ2n) is 7.93. The topological polar surface area (TPSA) is 89.0 Å². The molecule has 8 nitrogen and oxygen atoms in total. The number of aromatic nitrogens is 2. The average molecular weight is 673 g/mol. The molecule has 0 aliphatic heterocycles. The number of rotatable bonds is 10. The van der Waals surface area contributed by atoms with Gasteiger partial charge in [-0.15, -0.1) is 0 Å². The molecule has 0 aliphatic carbocycles. The Kier molecular flexibility index (Phi) is 12.9. The number of carbonyl (C=O) groups is 1. The van der Waals surface area contributed by atoms with Gasteiger partial charge in [-0.1, -0.05) is 0 Å². The highest BCUT2D eigenvalue weighted by Gasteiger charge is 2.34. The minimum Gasteiger partial charge on any atom is -0.475 e. The summed E-state index contributed by atoms with van der Waals surface area (Å²) in [6, 6.07) is 7.28. The van der Waals surface area contributed by atoms with Crippen molar-refractivity contribution < 1.29 is 59.2 Å². The average Bonchev–Trinajstić information content (AvgIpc) is 2.92. The van der Waals surface area contributed by atoms with Crippen molar-refractivity contribution in [1.82, 2.24) is 9.97 Å². The van der Waals surface area contributed by atoms with Gasteiger partial charge in [0, 0.05) is 19.8 Å². The van der Waals surface area contributed by atoms with E-state index < -0.39 is 35.5 Å². The zero-order valence-corrected chi connectivity index (χ0v) is 23.8. The molecule has 0 saturated heterocycles. The maximum absolute atomic E-state index is 13.8. The normalized spacial score (nSPS) is 11.4. The number of carbonyl (C=O) groups excluding carboxylic acids is 1. The summed E-state index contributed by atoms with van der Waals surface area (Å²) in [7, 11) is 4.00. The maximum atomic E-state index is 13.8. The largest absolute Gasteiger partial charge is 0.475 e. The van der Waals surface area contributed by atoms with Crippen molar-refractivity contribution in [2.45, 2.75) is 12.4 Å². The van der Waals surface area contributed by atoms with Crippen LogP contribution in [0, 0.1) is 5.82 Å².